The predicted octanol–water partition coefficient (Wildman–Crippen LogP) is 3.89. The lowest BCUT2D eigenvalue weighted by atomic mass is 10.2. The number of aromatic hydroxyl groups is 1. The Morgan fingerprint density at radius 1 is 1.12 bits per heavy atom. The molecule has 0 spiro atoms. The number of phenols is 1. The summed E-state index contributed by atoms with van der Waals surface area (Å²) in [4.78, 5) is 8.29. The van der Waals surface area contributed by atoms with E-state index in [0.717, 1.165) is 6.07 Å². The highest BCUT2D eigenvalue weighted by atomic mass is 35.5. The topological polar surface area (TPSA) is 76.5 Å². The molecule has 0 atom stereocenters. The third-order valence-electron chi connectivity index (χ3n) is 3.45. The van der Waals surface area contributed by atoms with Crippen molar-refractivity contribution in [2.75, 3.05) is 19.5 Å². The molecule has 1 aromatic heterocycles. The second-order valence-electron chi connectivity index (χ2n) is 4.83. The lowest BCUT2D eigenvalue weighted by Gasteiger charge is -2.13. The molecule has 8 heteroatoms. The summed E-state index contributed by atoms with van der Waals surface area (Å²) in [6.45, 7) is 0. The maximum absolute atomic E-state index is 14.0. The second kappa shape index (κ2) is 6.37. The number of ether oxygens (including phenoxy) is 2. The van der Waals surface area contributed by atoms with Crippen LogP contribution in [0.4, 0.5) is 15.9 Å². The van der Waals surface area contributed by atoms with E-state index in [4.69, 9.17) is 21.1 Å². The number of benzene rings is 2. The van der Waals surface area contributed by atoms with Crippen molar-refractivity contribution in [2.24, 2.45) is 0 Å². The summed E-state index contributed by atoms with van der Waals surface area (Å²) in [5, 5.41) is 12.9. The van der Waals surface area contributed by atoms with E-state index in [-0.39, 0.29) is 16.5 Å². The number of phenolic OH excluding ortho intramolecular Hbond substituents is 1. The molecule has 124 valence electrons. The van der Waals surface area contributed by atoms with Gasteiger partial charge in [0.25, 0.3) is 0 Å². The number of halogens is 2. The fourth-order valence-electron chi connectivity index (χ4n) is 2.26. The van der Waals surface area contributed by atoms with Gasteiger partial charge in [-0.15, -0.1) is 0 Å². The van der Waals surface area contributed by atoms with Crippen LogP contribution < -0.4 is 14.8 Å². The Morgan fingerprint density at radius 2 is 1.83 bits per heavy atom. The molecular weight excluding hydrogens is 337 g/mol. The maximum Gasteiger partial charge on any atom is 0.162 e. The van der Waals surface area contributed by atoms with E-state index >= 15 is 0 Å². The fraction of sp³-hybridized carbons (Fsp3) is 0.125. The van der Waals surface area contributed by atoms with Gasteiger partial charge in [0, 0.05) is 11.5 Å². The number of nitrogens with one attached hydrogen (secondary N) is 1. The quantitative estimate of drug-likeness (QED) is 0.744. The molecule has 0 amide bonds. The van der Waals surface area contributed by atoms with Gasteiger partial charge in [0.2, 0.25) is 0 Å². The molecule has 0 unspecified atom stereocenters. The Morgan fingerprint density at radius 3 is 2.54 bits per heavy atom. The molecule has 0 bridgehead atoms. The highest BCUT2D eigenvalue weighted by Crippen LogP contribution is 2.38. The largest absolute Gasteiger partial charge is 0.506 e. The summed E-state index contributed by atoms with van der Waals surface area (Å²) in [7, 11) is 3.03. The molecular formula is C16H13ClFN3O3. The van der Waals surface area contributed by atoms with E-state index in [0.29, 0.717) is 28.2 Å². The van der Waals surface area contributed by atoms with Gasteiger partial charge in [0.05, 0.1) is 25.4 Å². The van der Waals surface area contributed by atoms with Crippen LogP contribution in [0.3, 0.4) is 0 Å². The molecule has 0 saturated heterocycles. The molecule has 3 rings (SSSR count). The van der Waals surface area contributed by atoms with Crippen molar-refractivity contribution in [1.29, 1.82) is 0 Å². The monoisotopic (exact) mass is 349 g/mol. The van der Waals surface area contributed by atoms with E-state index in [9.17, 15) is 9.50 Å². The fourth-order valence-corrected chi connectivity index (χ4v) is 2.46. The summed E-state index contributed by atoms with van der Waals surface area (Å²) in [5.74, 6) is 0.442. The van der Waals surface area contributed by atoms with Crippen molar-refractivity contribution in [3.8, 4) is 17.2 Å². The molecule has 0 fully saturated rings. The molecule has 2 N–H and O–H groups in total. The van der Waals surface area contributed by atoms with Crippen molar-refractivity contribution in [3.05, 3.63) is 41.4 Å². The SMILES string of the molecule is COc1cc2ncnc(Nc3c(F)ccc(O)c3Cl)c2cc1OC. The van der Waals surface area contributed by atoms with Crippen LogP contribution in [-0.4, -0.2) is 29.3 Å². The van der Waals surface area contributed by atoms with Crippen LogP contribution in [-0.2, 0) is 0 Å². The molecule has 3 aromatic rings. The highest BCUT2D eigenvalue weighted by molar-refractivity contribution is 6.34. The number of nitrogens with zero attached hydrogens (tertiary/aromatic N) is 2. The summed E-state index contributed by atoms with van der Waals surface area (Å²) in [6.07, 6.45) is 1.32. The molecule has 6 nitrogen and oxygen atoms in total. The lowest BCUT2D eigenvalue weighted by Crippen LogP contribution is -2.00. The number of hydrogen-bond donors (Lipinski definition) is 2. The van der Waals surface area contributed by atoms with Gasteiger partial charge in [-0.1, -0.05) is 11.6 Å². The predicted molar refractivity (Wildman–Crippen MR) is 89.0 cm³/mol. The second-order valence-corrected chi connectivity index (χ2v) is 5.21. The molecule has 0 aliphatic heterocycles. The first-order valence-corrected chi connectivity index (χ1v) is 7.23. The molecule has 0 saturated carbocycles. The van der Waals surface area contributed by atoms with Crippen LogP contribution >= 0.6 is 11.6 Å². The summed E-state index contributed by atoms with van der Waals surface area (Å²) >= 11 is 5.97. The van der Waals surface area contributed by atoms with Crippen molar-refractivity contribution in [1.82, 2.24) is 9.97 Å². The highest BCUT2D eigenvalue weighted by Gasteiger charge is 2.15. The van der Waals surface area contributed by atoms with Gasteiger partial charge in [-0.25, -0.2) is 14.4 Å². The molecule has 0 radical (unpaired) electrons. The number of anilines is 2. The molecule has 1 heterocycles. The first-order valence-electron chi connectivity index (χ1n) is 6.86. The van der Waals surface area contributed by atoms with E-state index in [1.807, 2.05) is 0 Å². The van der Waals surface area contributed by atoms with Crippen molar-refractivity contribution < 1.29 is 19.0 Å². The van der Waals surface area contributed by atoms with E-state index < -0.39 is 5.82 Å². The Kier molecular flexibility index (Phi) is 4.26. The number of hydrogen-bond acceptors (Lipinski definition) is 6. The minimum atomic E-state index is -0.620. The summed E-state index contributed by atoms with van der Waals surface area (Å²) in [6, 6.07) is 5.64. The maximum atomic E-state index is 14.0. The minimum Gasteiger partial charge on any atom is -0.506 e. The average Bonchev–Trinajstić information content (AvgIpc) is 2.60. The molecule has 24 heavy (non-hydrogen) atoms. The van der Waals surface area contributed by atoms with Gasteiger partial charge >= 0.3 is 0 Å². The van der Waals surface area contributed by atoms with Crippen molar-refractivity contribution in [3.63, 3.8) is 0 Å². The van der Waals surface area contributed by atoms with Gasteiger partial charge in [0.1, 0.15) is 28.7 Å². The average molecular weight is 350 g/mol. The van der Waals surface area contributed by atoms with Crippen molar-refractivity contribution >= 4 is 34.0 Å². The van der Waals surface area contributed by atoms with Gasteiger partial charge in [-0.3, -0.25) is 0 Å². The van der Waals surface area contributed by atoms with Crippen LogP contribution in [0.2, 0.25) is 5.02 Å². The number of aromatic nitrogens is 2. The minimum absolute atomic E-state index is 0.0774. The van der Waals surface area contributed by atoms with Gasteiger partial charge in [0.15, 0.2) is 11.5 Å². The van der Waals surface area contributed by atoms with Gasteiger partial charge < -0.3 is 19.9 Å². The standard InChI is InChI=1S/C16H13ClFN3O3/c1-23-12-5-8-10(6-13(12)24-2)19-7-20-16(8)21-15-9(18)3-4-11(22)14(15)17/h3-7,22H,1-2H3,(H,19,20,21). The zero-order chi connectivity index (χ0) is 17.3. The number of rotatable bonds is 4. The Bertz CT molecular complexity index is 921. The zero-order valence-corrected chi connectivity index (χ0v) is 13.6. The Labute approximate surface area is 141 Å². The molecule has 0 aliphatic carbocycles. The molecule has 2 aromatic carbocycles. The lowest BCUT2D eigenvalue weighted by molar-refractivity contribution is 0.356. The van der Waals surface area contributed by atoms with E-state index in [1.165, 1.54) is 26.6 Å². The smallest absolute Gasteiger partial charge is 0.162 e. The summed E-state index contributed by atoms with van der Waals surface area (Å²) in [5.41, 5.74) is 0.494. The van der Waals surface area contributed by atoms with Gasteiger partial charge in [-0.2, -0.15) is 0 Å². The third-order valence-corrected chi connectivity index (χ3v) is 3.84. The van der Waals surface area contributed by atoms with Crippen LogP contribution in [0.5, 0.6) is 17.2 Å². The third kappa shape index (κ3) is 2.74. The number of methoxy groups -OCH3 is 2. The Balaban J connectivity index is 2.16. The van der Waals surface area contributed by atoms with Crippen molar-refractivity contribution in [2.45, 2.75) is 0 Å². The van der Waals surface area contributed by atoms with Crippen LogP contribution in [0.15, 0.2) is 30.6 Å². The van der Waals surface area contributed by atoms with Crippen LogP contribution in [0, 0.1) is 5.82 Å². The first-order chi connectivity index (χ1) is 11.5. The molecule has 0 aliphatic rings. The van der Waals surface area contributed by atoms with Gasteiger partial charge in [-0.05, 0) is 18.2 Å². The first kappa shape index (κ1) is 16.1. The van der Waals surface area contributed by atoms with E-state index in [1.54, 1.807) is 12.1 Å². The number of fused-ring (bicyclic) bond motifs is 1. The Hall–Kier alpha value is -2.80. The van der Waals surface area contributed by atoms with Crippen LogP contribution in [0.1, 0.15) is 0 Å². The normalized spacial score (nSPS) is 10.7. The zero-order valence-electron chi connectivity index (χ0n) is 12.8. The van der Waals surface area contributed by atoms with E-state index in [2.05, 4.69) is 15.3 Å². The van der Waals surface area contributed by atoms with Crippen LogP contribution in [0.25, 0.3) is 10.9 Å². The summed E-state index contributed by atoms with van der Waals surface area (Å²) < 4.78 is 24.5.